The molecular weight excluding hydrogens is 410 g/mol. The zero-order valence-corrected chi connectivity index (χ0v) is 16.9. The maximum absolute atomic E-state index is 12.4. The van der Waals surface area contributed by atoms with Crippen LogP contribution in [-0.4, -0.2) is 33.6 Å². The minimum absolute atomic E-state index is 0.0155. The summed E-state index contributed by atoms with van der Waals surface area (Å²) in [5.41, 5.74) is 5.10. The van der Waals surface area contributed by atoms with Crippen molar-refractivity contribution in [2.75, 3.05) is 11.9 Å². The number of hydrogen-bond acceptors (Lipinski definition) is 5. The lowest BCUT2D eigenvalue weighted by Gasteiger charge is -2.14. The molecule has 0 atom stereocenters. The van der Waals surface area contributed by atoms with E-state index in [0.717, 1.165) is 11.1 Å². The summed E-state index contributed by atoms with van der Waals surface area (Å²) in [5.74, 6) is -0.838. The van der Waals surface area contributed by atoms with Crippen LogP contribution in [0.2, 0.25) is 0 Å². The second kappa shape index (κ2) is 8.07. The number of anilines is 1. The lowest BCUT2D eigenvalue weighted by molar-refractivity contribution is 0.0660. The van der Waals surface area contributed by atoms with E-state index in [9.17, 15) is 9.59 Å². The molecule has 1 aliphatic rings. The number of rotatable bonds is 6. The number of benzene rings is 2. The van der Waals surface area contributed by atoms with Gasteiger partial charge in [-0.25, -0.2) is 9.59 Å². The Morgan fingerprint density at radius 2 is 1.72 bits per heavy atom. The van der Waals surface area contributed by atoms with Gasteiger partial charge in [0.2, 0.25) is 5.76 Å². The Kier molecular flexibility index (Phi) is 4.95. The molecule has 1 aliphatic carbocycles. The van der Waals surface area contributed by atoms with Gasteiger partial charge in [0.1, 0.15) is 12.4 Å². The van der Waals surface area contributed by atoms with Crippen molar-refractivity contribution in [2.45, 2.75) is 12.5 Å². The van der Waals surface area contributed by atoms with E-state index in [1.54, 1.807) is 12.3 Å². The molecule has 0 aliphatic heterocycles. The molecule has 2 heterocycles. The monoisotopic (exact) mass is 429 g/mol. The highest BCUT2D eigenvalue weighted by Gasteiger charge is 2.29. The number of fused-ring (bicyclic) bond motifs is 3. The smallest absolute Gasteiger partial charge is 0.411 e. The minimum atomic E-state index is -1.13. The molecule has 0 spiro atoms. The quantitative estimate of drug-likeness (QED) is 0.465. The number of aromatic nitrogens is 2. The molecule has 160 valence electrons. The highest BCUT2D eigenvalue weighted by atomic mass is 16.5. The van der Waals surface area contributed by atoms with Gasteiger partial charge in [0.25, 0.3) is 0 Å². The van der Waals surface area contributed by atoms with Gasteiger partial charge in [-0.1, -0.05) is 48.5 Å². The molecular formula is C24H19N3O5. The molecule has 4 aromatic rings. The van der Waals surface area contributed by atoms with Crippen LogP contribution in [0.1, 0.15) is 33.4 Å². The molecule has 0 fully saturated rings. The van der Waals surface area contributed by atoms with Gasteiger partial charge in [-0.2, -0.15) is 5.10 Å². The number of carboxylic acids is 1. The summed E-state index contributed by atoms with van der Waals surface area (Å²) >= 11 is 0. The summed E-state index contributed by atoms with van der Waals surface area (Å²) in [6.45, 7) is 0.456. The molecule has 8 nitrogen and oxygen atoms in total. The van der Waals surface area contributed by atoms with Crippen LogP contribution in [0.15, 0.2) is 77.5 Å². The van der Waals surface area contributed by atoms with Gasteiger partial charge in [0.05, 0.1) is 18.4 Å². The molecule has 0 saturated carbocycles. The van der Waals surface area contributed by atoms with Crippen molar-refractivity contribution >= 4 is 17.7 Å². The Bertz CT molecular complexity index is 1260. The molecule has 8 heteroatoms. The van der Waals surface area contributed by atoms with Gasteiger partial charge in [-0.15, -0.1) is 0 Å². The first-order valence-corrected chi connectivity index (χ1v) is 10.0. The number of carbonyl (C=O) groups excluding carboxylic acids is 1. The van der Waals surface area contributed by atoms with Crippen LogP contribution in [0, 0.1) is 0 Å². The Balaban J connectivity index is 1.21. The maximum Gasteiger partial charge on any atom is 0.411 e. The fourth-order valence-electron chi connectivity index (χ4n) is 4.00. The van der Waals surface area contributed by atoms with Crippen LogP contribution in [0.3, 0.4) is 0 Å². The molecule has 1 amide bonds. The van der Waals surface area contributed by atoms with Crippen LogP contribution in [-0.2, 0) is 11.3 Å². The first kappa shape index (κ1) is 19.6. The van der Waals surface area contributed by atoms with Gasteiger partial charge in [-0.05, 0) is 34.4 Å². The second-order valence-corrected chi connectivity index (χ2v) is 7.45. The summed E-state index contributed by atoms with van der Waals surface area (Å²) in [6, 6.07) is 19.3. The molecule has 2 aromatic heterocycles. The zero-order valence-electron chi connectivity index (χ0n) is 16.9. The predicted octanol–water partition coefficient (Wildman–Crippen LogP) is 4.58. The molecule has 2 N–H and O–H groups in total. The van der Waals surface area contributed by atoms with E-state index in [0.29, 0.717) is 11.4 Å². The number of nitrogens with one attached hydrogen (secondary N) is 1. The molecule has 0 radical (unpaired) electrons. The van der Waals surface area contributed by atoms with Gasteiger partial charge < -0.3 is 14.3 Å². The fraction of sp³-hybridized carbons (Fsp3) is 0.125. The van der Waals surface area contributed by atoms with Crippen molar-refractivity contribution in [3.8, 4) is 11.1 Å². The van der Waals surface area contributed by atoms with E-state index in [-0.39, 0.29) is 24.8 Å². The van der Waals surface area contributed by atoms with E-state index < -0.39 is 12.1 Å². The fourth-order valence-corrected chi connectivity index (χ4v) is 4.00. The van der Waals surface area contributed by atoms with Gasteiger partial charge in [0, 0.05) is 12.1 Å². The van der Waals surface area contributed by atoms with E-state index in [4.69, 9.17) is 14.3 Å². The highest BCUT2D eigenvalue weighted by molar-refractivity contribution is 5.85. The molecule has 32 heavy (non-hydrogen) atoms. The topological polar surface area (TPSA) is 107 Å². The van der Waals surface area contributed by atoms with Crippen molar-refractivity contribution in [3.05, 3.63) is 95.7 Å². The lowest BCUT2D eigenvalue weighted by atomic mass is 9.98. The zero-order chi connectivity index (χ0) is 22.1. The number of furan rings is 1. The van der Waals surface area contributed by atoms with Gasteiger partial charge in [-0.3, -0.25) is 10.00 Å². The Morgan fingerprint density at radius 1 is 1.03 bits per heavy atom. The first-order valence-electron chi connectivity index (χ1n) is 10.0. The largest absolute Gasteiger partial charge is 0.475 e. The van der Waals surface area contributed by atoms with Crippen molar-refractivity contribution < 1.29 is 23.8 Å². The van der Waals surface area contributed by atoms with Crippen LogP contribution in [0.4, 0.5) is 10.5 Å². The number of amides is 1. The minimum Gasteiger partial charge on any atom is -0.475 e. The summed E-state index contributed by atoms with van der Waals surface area (Å²) < 4.78 is 12.3. The Labute approximate surface area is 183 Å². The third-order valence-electron chi connectivity index (χ3n) is 5.41. The highest BCUT2D eigenvalue weighted by Crippen LogP contribution is 2.44. The van der Waals surface area contributed by atoms with Crippen molar-refractivity contribution in [1.82, 2.24) is 9.78 Å². The number of carbonyl (C=O) groups is 2. The number of hydrogen-bond donors (Lipinski definition) is 2. The average Bonchev–Trinajstić information content (AvgIpc) is 3.51. The Hall–Kier alpha value is -4.33. The summed E-state index contributed by atoms with van der Waals surface area (Å²) in [6.07, 6.45) is 2.53. The standard InChI is InChI=1S/C24H19N3O5/c28-23(29)22-10-9-16(32-22)13-27-12-15(11-25-27)26-24(30)31-14-21-19-7-3-1-5-17(19)18-6-2-4-8-20(18)21/h1-12,21H,13-14H2,(H,26,30)(H,28,29). The number of ether oxygens (including phenoxy) is 1. The van der Waals surface area contributed by atoms with Gasteiger partial charge in [0.15, 0.2) is 0 Å². The van der Waals surface area contributed by atoms with Crippen molar-refractivity contribution in [3.63, 3.8) is 0 Å². The number of aromatic carboxylic acids is 1. The molecule has 2 aromatic carbocycles. The van der Waals surface area contributed by atoms with Crippen molar-refractivity contribution in [2.24, 2.45) is 0 Å². The average molecular weight is 429 g/mol. The second-order valence-electron chi connectivity index (χ2n) is 7.45. The van der Waals surface area contributed by atoms with E-state index in [1.165, 1.54) is 28.1 Å². The maximum atomic E-state index is 12.4. The summed E-state index contributed by atoms with van der Waals surface area (Å²) in [7, 11) is 0. The molecule has 0 saturated heterocycles. The van der Waals surface area contributed by atoms with Crippen molar-refractivity contribution in [1.29, 1.82) is 0 Å². The van der Waals surface area contributed by atoms with Crippen LogP contribution in [0.5, 0.6) is 0 Å². The molecule has 0 bridgehead atoms. The van der Waals surface area contributed by atoms with E-state index in [2.05, 4.69) is 34.7 Å². The molecule has 0 unspecified atom stereocenters. The number of nitrogens with zero attached hydrogens (tertiary/aromatic N) is 2. The summed E-state index contributed by atoms with van der Waals surface area (Å²) in [4.78, 5) is 23.3. The molecule has 5 rings (SSSR count). The van der Waals surface area contributed by atoms with Gasteiger partial charge >= 0.3 is 12.1 Å². The van der Waals surface area contributed by atoms with E-state index >= 15 is 0 Å². The van der Waals surface area contributed by atoms with Crippen LogP contribution < -0.4 is 5.32 Å². The third-order valence-corrected chi connectivity index (χ3v) is 5.41. The number of carboxylic acid groups (broad SMARTS) is 1. The summed E-state index contributed by atoms with van der Waals surface area (Å²) in [5, 5.41) is 15.8. The van der Waals surface area contributed by atoms with E-state index in [1.807, 2.05) is 24.3 Å². The van der Waals surface area contributed by atoms with Crippen LogP contribution in [0.25, 0.3) is 11.1 Å². The first-order chi connectivity index (χ1) is 15.6. The third kappa shape index (κ3) is 3.74. The normalized spacial score (nSPS) is 12.2. The SMILES string of the molecule is O=C(Nc1cnn(Cc2ccc(C(=O)O)o2)c1)OCC1c2ccccc2-c2ccccc21. The Morgan fingerprint density at radius 3 is 2.38 bits per heavy atom. The predicted molar refractivity (Wildman–Crippen MR) is 116 cm³/mol. The van der Waals surface area contributed by atoms with Crippen LogP contribution >= 0.6 is 0 Å². The lowest BCUT2D eigenvalue weighted by Crippen LogP contribution is -2.17.